The molecule has 0 spiro atoms. The van der Waals surface area contributed by atoms with Crippen LogP contribution in [0.2, 0.25) is 0 Å². The topological polar surface area (TPSA) is 51.0 Å². The number of halogens is 2. The van der Waals surface area contributed by atoms with Gasteiger partial charge in [0, 0.05) is 8.95 Å². The van der Waals surface area contributed by atoms with Crippen LogP contribution in [0.15, 0.2) is 31.6 Å². The number of nitrogens with zero attached hydrogens (tertiary/aromatic N) is 2. The normalized spacial score (nSPS) is 12.7. The van der Waals surface area contributed by atoms with Gasteiger partial charge >= 0.3 is 0 Å². The van der Waals surface area contributed by atoms with E-state index >= 15 is 0 Å². The second-order valence-corrected chi connectivity index (χ2v) is 5.59. The van der Waals surface area contributed by atoms with E-state index in [4.69, 9.17) is 4.42 Å². The van der Waals surface area contributed by atoms with E-state index in [1.54, 1.807) is 0 Å². The first-order valence-electron chi connectivity index (χ1n) is 5.61. The lowest BCUT2D eigenvalue weighted by Crippen LogP contribution is -2.15. The summed E-state index contributed by atoms with van der Waals surface area (Å²) in [7, 11) is 1.88. The summed E-state index contributed by atoms with van der Waals surface area (Å²) in [6, 6.07) is 5.93. The Morgan fingerprint density at radius 3 is 2.72 bits per heavy atom. The molecule has 2 aromatic rings. The molecule has 0 saturated heterocycles. The zero-order valence-corrected chi connectivity index (χ0v) is 13.2. The van der Waals surface area contributed by atoms with Crippen molar-refractivity contribution >= 4 is 31.9 Å². The van der Waals surface area contributed by atoms with Crippen LogP contribution < -0.4 is 5.32 Å². The van der Waals surface area contributed by atoms with Crippen LogP contribution in [0.3, 0.4) is 0 Å². The highest BCUT2D eigenvalue weighted by Crippen LogP contribution is 2.30. The fourth-order valence-electron chi connectivity index (χ4n) is 1.65. The van der Waals surface area contributed by atoms with Gasteiger partial charge in [0.15, 0.2) is 0 Å². The van der Waals surface area contributed by atoms with E-state index in [0.717, 1.165) is 20.9 Å². The largest absolute Gasteiger partial charge is 0.419 e. The van der Waals surface area contributed by atoms with E-state index in [9.17, 15) is 0 Å². The highest BCUT2D eigenvalue weighted by Gasteiger charge is 2.17. The molecule has 1 atom stereocenters. The van der Waals surface area contributed by atoms with Crippen molar-refractivity contribution in [2.24, 2.45) is 0 Å². The van der Waals surface area contributed by atoms with Crippen molar-refractivity contribution in [2.75, 3.05) is 7.05 Å². The Balaban J connectivity index is 2.34. The smallest absolute Gasteiger partial charge is 0.248 e. The van der Waals surface area contributed by atoms with Crippen molar-refractivity contribution < 1.29 is 4.42 Å². The fraction of sp³-hybridized carbons (Fsp3) is 0.333. The molecule has 0 fully saturated rings. The molecule has 1 heterocycles. The van der Waals surface area contributed by atoms with E-state index in [0.29, 0.717) is 11.8 Å². The number of hydrogen-bond donors (Lipinski definition) is 1. The Labute approximate surface area is 122 Å². The van der Waals surface area contributed by atoms with Crippen molar-refractivity contribution in [1.82, 2.24) is 15.5 Å². The molecule has 1 aromatic heterocycles. The first kappa shape index (κ1) is 13.7. The zero-order chi connectivity index (χ0) is 13.1. The van der Waals surface area contributed by atoms with Crippen LogP contribution in [0.25, 0.3) is 11.5 Å². The quantitative estimate of drug-likeness (QED) is 0.880. The monoisotopic (exact) mass is 373 g/mol. The molecule has 96 valence electrons. The molecule has 1 unspecified atom stereocenters. The molecule has 2 rings (SSSR count). The molecule has 6 heteroatoms. The van der Waals surface area contributed by atoms with Gasteiger partial charge in [-0.25, -0.2) is 0 Å². The van der Waals surface area contributed by atoms with E-state index in [1.165, 1.54) is 0 Å². The first-order chi connectivity index (χ1) is 8.65. The molecule has 0 bridgehead atoms. The Bertz CT molecular complexity index is 538. The van der Waals surface area contributed by atoms with Gasteiger partial charge in [0.25, 0.3) is 0 Å². The molecule has 1 N–H and O–H groups in total. The summed E-state index contributed by atoms with van der Waals surface area (Å²) >= 11 is 6.90. The van der Waals surface area contributed by atoms with Gasteiger partial charge in [-0.2, -0.15) is 0 Å². The predicted molar refractivity (Wildman–Crippen MR) is 77.2 cm³/mol. The summed E-state index contributed by atoms with van der Waals surface area (Å²) in [4.78, 5) is 0. The first-order valence-corrected chi connectivity index (χ1v) is 7.20. The SMILES string of the molecule is CCC(NC)c1nnc(-c2ccc(Br)cc2Br)o1. The van der Waals surface area contributed by atoms with Gasteiger partial charge in [-0.1, -0.05) is 22.9 Å². The Morgan fingerprint density at radius 2 is 2.11 bits per heavy atom. The summed E-state index contributed by atoms with van der Waals surface area (Å²) in [6.45, 7) is 2.07. The molecule has 0 aliphatic carbocycles. The standard InChI is InChI=1S/C12H13Br2N3O/c1-3-10(15-2)12-17-16-11(18-12)8-5-4-7(13)6-9(8)14/h4-6,10,15H,3H2,1-2H3. The van der Waals surface area contributed by atoms with Crippen LogP contribution in [0, 0.1) is 0 Å². The van der Waals surface area contributed by atoms with Crippen LogP contribution in [0.5, 0.6) is 0 Å². The van der Waals surface area contributed by atoms with Crippen molar-refractivity contribution in [3.63, 3.8) is 0 Å². The highest BCUT2D eigenvalue weighted by molar-refractivity contribution is 9.11. The zero-order valence-electron chi connectivity index (χ0n) is 10.1. The maximum Gasteiger partial charge on any atom is 0.248 e. The lowest BCUT2D eigenvalue weighted by molar-refractivity contribution is 0.415. The molecule has 18 heavy (non-hydrogen) atoms. The van der Waals surface area contributed by atoms with Crippen LogP contribution >= 0.6 is 31.9 Å². The summed E-state index contributed by atoms with van der Waals surface area (Å²) in [6.07, 6.45) is 0.902. The van der Waals surface area contributed by atoms with E-state index in [2.05, 4.69) is 54.3 Å². The van der Waals surface area contributed by atoms with Crippen molar-refractivity contribution in [1.29, 1.82) is 0 Å². The molecule has 0 radical (unpaired) electrons. The van der Waals surface area contributed by atoms with Gasteiger partial charge in [0.1, 0.15) is 0 Å². The molecule has 4 nitrogen and oxygen atoms in total. The number of benzene rings is 1. The maximum absolute atomic E-state index is 5.70. The van der Waals surface area contributed by atoms with Crippen molar-refractivity contribution in [3.05, 3.63) is 33.0 Å². The van der Waals surface area contributed by atoms with E-state index in [-0.39, 0.29) is 6.04 Å². The fourth-order valence-corrected chi connectivity index (χ4v) is 2.87. The number of hydrogen-bond acceptors (Lipinski definition) is 4. The summed E-state index contributed by atoms with van der Waals surface area (Å²) in [5, 5.41) is 11.3. The third-order valence-corrected chi connectivity index (χ3v) is 3.81. The summed E-state index contributed by atoms with van der Waals surface area (Å²) in [5.74, 6) is 1.14. The Hall–Kier alpha value is -0.720. The average Bonchev–Trinajstić information content (AvgIpc) is 2.80. The predicted octanol–water partition coefficient (Wildman–Crippen LogP) is 3.93. The second kappa shape index (κ2) is 5.95. The van der Waals surface area contributed by atoms with E-state index in [1.807, 2.05) is 25.2 Å². The lowest BCUT2D eigenvalue weighted by Gasteiger charge is -2.07. The molecule has 1 aromatic carbocycles. The molecule has 0 amide bonds. The average molecular weight is 375 g/mol. The van der Waals surface area contributed by atoms with Crippen molar-refractivity contribution in [3.8, 4) is 11.5 Å². The van der Waals surface area contributed by atoms with Gasteiger partial charge in [0.05, 0.1) is 11.6 Å². The third kappa shape index (κ3) is 2.81. The molecular formula is C12H13Br2N3O. The van der Waals surface area contributed by atoms with E-state index < -0.39 is 0 Å². The van der Waals surface area contributed by atoms with Crippen LogP contribution in [0.1, 0.15) is 25.3 Å². The van der Waals surface area contributed by atoms with Gasteiger partial charge in [0.2, 0.25) is 11.8 Å². The van der Waals surface area contributed by atoms with Gasteiger partial charge in [-0.05, 0) is 47.6 Å². The molecular weight excluding hydrogens is 362 g/mol. The van der Waals surface area contributed by atoms with Crippen LogP contribution in [0.4, 0.5) is 0 Å². The Morgan fingerprint density at radius 1 is 1.33 bits per heavy atom. The van der Waals surface area contributed by atoms with Gasteiger partial charge in [-0.3, -0.25) is 0 Å². The minimum Gasteiger partial charge on any atom is -0.419 e. The minimum atomic E-state index is 0.0977. The molecule has 0 saturated carbocycles. The highest BCUT2D eigenvalue weighted by atomic mass is 79.9. The van der Waals surface area contributed by atoms with Gasteiger partial charge < -0.3 is 9.73 Å². The molecule has 0 aliphatic rings. The van der Waals surface area contributed by atoms with Crippen molar-refractivity contribution in [2.45, 2.75) is 19.4 Å². The summed E-state index contributed by atoms with van der Waals surface area (Å²) in [5.41, 5.74) is 0.892. The maximum atomic E-state index is 5.70. The number of nitrogens with one attached hydrogen (secondary N) is 1. The Kier molecular flexibility index (Phi) is 4.53. The van der Waals surface area contributed by atoms with Crippen LogP contribution in [-0.2, 0) is 0 Å². The molecule has 0 aliphatic heterocycles. The third-order valence-electron chi connectivity index (χ3n) is 2.66. The van der Waals surface area contributed by atoms with Gasteiger partial charge in [-0.15, -0.1) is 10.2 Å². The second-order valence-electron chi connectivity index (χ2n) is 3.82. The number of aromatic nitrogens is 2. The summed E-state index contributed by atoms with van der Waals surface area (Å²) < 4.78 is 7.62. The van der Waals surface area contributed by atoms with Crippen LogP contribution in [-0.4, -0.2) is 17.2 Å². The lowest BCUT2D eigenvalue weighted by atomic mass is 10.2. The minimum absolute atomic E-state index is 0.0977. The number of rotatable bonds is 4.